The molecule has 2 aromatic heterocycles. The lowest BCUT2D eigenvalue weighted by Gasteiger charge is -2.08. The maximum Gasteiger partial charge on any atom is 0.0838 e. The van der Waals surface area contributed by atoms with Gasteiger partial charge in [0, 0.05) is 11.6 Å². The lowest BCUT2D eigenvalue weighted by atomic mass is 10.1. The molecule has 2 heterocycles. The van der Waals surface area contributed by atoms with Crippen LogP contribution in [0.15, 0.2) is 42.9 Å². The van der Waals surface area contributed by atoms with Crippen molar-refractivity contribution in [1.82, 2.24) is 14.8 Å². The number of aryl methyl sites for hydroxylation is 1. The van der Waals surface area contributed by atoms with Crippen LogP contribution in [0.3, 0.4) is 0 Å². The number of aromatic nitrogens is 3. The van der Waals surface area contributed by atoms with Gasteiger partial charge < -0.3 is 0 Å². The van der Waals surface area contributed by atoms with E-state index in [2.05, 4.69) is 55.1 Å². The lowest BCUT2D eigenvalue weighted by Crippen LogP contribution is -1.99. The maximum absolute atomic E-state index is 4.48. The first-order valence-corrected chi connectivity index (χ1v) is 6.55. The molecule has 19 heavy (non-hydrogen) atoms. The molecule has 96 valence electrons. The number of hydrogen-bond acceptors (Lipinski definition) is 2. The molecule has 0 saturated carbocycles. The normalized spacial score (nSPS) is 11.4. The molecular formula is C16H17N3. The molecule has 0 spiro atoms. The summed E-state index contributed by atoms with van der Waals surface area (Å²) in [6.45, 7) is 6.44. The van der Waals surface area contributed by atoms with Gasteiger partial charge >= 0.3 is 0 Å². The Bertz CT molecular complexity index is 726. The van der Waals surface area contributed by atoms with Crippen LogP contribution in [0.2, 0.25) is 0 Å². The van der Waals surface area contributed by atoms with Gasteiger partial charge in [-0.1, -0.05) is 25.5 Å². The minimum atomic E-state index is 0.469. The number of hydrogen-bond donors (Lipinski definition) is 0. The van der Waals surface area contributed by atoms with Gasteiger partial charge in [-0.25, -0.2) is 4.68 Å². The number of pyridine rings is 1. The molecule has 0 saturated heterocycles. The fourth-order valence-electron chi connectivity index (χ4n) is 2.23. The average Bonchev–Trinajstić information content (AvgIpc) is 2.81. The highest BCUT2D eigenvalue weighted by atomic mass is 15.3. The summed E-state index contributed by atoms with van der Waals surface area (Å²) in [6.07, 6.45) is 5.69. The zero-order valence-corrected chi connectivity index (χ0v) is 11.5. The van der Waals surface area contributed by atoms with E-state index in [1.165, 1.54) is 11.1 Å². The van der Waals surface area contributed by atoms with Crippen LogP contribution >= 0.6 is 0 Å². The molecule has 1 aromatic carbocycles. The van der Waals surface area contributed by atoms with Crippen LogP contribution in [0, 0.1) is 6.92 Å². The predicted molar refractivity (Wildman–Crippen MR) is 77.7 cm³/mol. The highest BCUT2D eigenvalue weighted by Gasteiger charge is 2.07. The second-order valence-corrected chi connectivity index (χ2v) is 5.25. The molecule has 0 aliphatic rings. The Balaban J connectivity index is 2.16. The minimum absolute atomic E-state index is 0.469. The standard InChI is InChI=1S/C16H17N3/c1-11(2)13-7-15(10-17-8-13)19-16-5-4-12(3)6-14(16)9-18-19/h4-11H,1-3H3. The van der Waals surface area contributed by atoms with E-state index < -0.39 is 0 Å². The summed E-state index contributed by atoms with van der Waals surface area (Å²) in [6, 6.07) is 8.53. The van der Waals surface area contributed by atoms with Crippen molar-refractivity contribution in [2.75, 3.05) is 0 Å². The molecule has 0 radical (unpaired) electrons. The van der Waals surface area contributed by atoms with Crippen molar-refractivity contribution in [2.45, 2.75) is 26.7 Å². The van der Waals surface area contributed by atoms with E-state index in [4.69, 9.17) is 0 Å². The second-order valence-electron chi connectivity index (χ2n) is 5.25. The van der Waals surface area contributed by atoms with Crippen LogP contribution in [0.5, 0.6) is 0 Å². The highest BCUT2D eigenvalue weighted by molar-refractivity contribution is 5.80. The quantitative estimate of drug-likeness (QED) is 0.692. The molecular weight excluding hydrogens is 234 g/mol. The predicted octanol–water partition coefficient (Wildman–Crippen LogP) is 3.85. The Kier molecular flexibility index (Phi) is 2.82. The van der Waals surface area contributed by atoms with Gasteiger partial charge in [0.25, 0.3) is 0 Å². The summed E-state index contributed by atoms with van der Waals surface area (Å²) < 4.78 is 1.95. The Hall–Kier alpha value is -2.16. The maximum atomic E-state index is 4.48. The van der Waals surface area contributed by atoms with E-state index in [1.54, 1.807) is 0 Å². The fourth-order valence-corrected chi connectivity index (χ4v) is 2.23. The Morgan fingerprint density at radius 3 is 2.68 bits per heavy atom. The van der Waals surface area contributed by atoms with Gasteiger partial charge in [0.05, 0.1) is 23.6 Å². The number of nitrogens with zero attached hydrogens (tertiary/aromatic N) is 3. The highest BCUT2D eigenvalue weighted by Crippen LogP contribution is 2.21. The first-order valence-electron chi connectivity index (χ1n) is 6.55. The van der Waals surface area contributed by atoms with Crippen molar-refractivity contribution in [3.05, 3.63) is 54.0 Å². The fraction of sp³-hybridized carbons (Fsp3) is 0.250. The molecule has 0 aliphatic carbocycles. The minimum Gasteiger partial charge on any atom is -0.262 e. The van der Waals surface area contributed by atoms with Gasteiger partial charge in [-0.2, -0.15) is 5.10 Å². The van der Waals surface area contributed by atoms with E-state index in [-0.39, 0.29) is 0 Å². The summed E-state index contributed by atoms with van der Waals surface area (Å²) in [5.74, 6) is 0.469. The Morgan fingerprint density at radius 1 is 1.05 bits per heavy atom. The van der Waals surface area contributed by atoms with E-state index in [1.807, 2.05) is 23.3 Å². The molecule has 3 rings (SSSR count). The van der Waals surface area contributed by atoms with Crippen LogP contribution in [-0.2, 0) is 0 Å². The molecule has 3 heteroatoms. The molecule has 0 N–H and O–H groups in total. The first-order chi connectivity index (χ1) is 9.15. The zero-order chi connectivity index (χ0) is 13.4. The molecule has 0 fully saturated rings. The summed E-state index contributed by atoms with van der Waals surface area (Å²) in [5.41, 5.74) is 4.62. The van der Waals surface area contributed by atoms with Gasteiger partial charge in [-0.3, -0.25) is 4.98 Å². The topological polar surface area (TPSA) is 30.7 Å². The largest absolute Gasteiger partial charge is 0.262 e. The van der Waals surface area contributed by atoms with Gasteiger partial charge in [-0.05, 0) is 36.6 Å². The number of benzene rings is 1. The van der Waals surface area contributed by atoms with Crippen LogP contribution in [0.25, 0.3) is 16.6 Å². The summed E-state index contributed by atoms with van der Waals surface area (Å²) in [4.78, 5) is 4.33. The molecule has 3 nitrogen and oxygen atoms in total. The van der Waals surface area contributed by atoms with Gasteiger partial charge in [-0.15, -0.1) is 0 Å². The molecule has 0 atom stereocenters. The van der Waals surface area contributed by atoms with Crippen molar-refractivity contribution < 1.29 is 0 Å². The third-order valence-corrected chi connectivity index (χ3v) is 3.38. The average molecular weight is 251 g/mol. The Labute approximate surface area is 112 Å². The van der Waals surface area contributed by atoms with Crippen molar-refractivity contribution >= 4 is 10.9 Å². The SMILES string of the molecule is Cc1ccc2c(cnn2-c2cncc(C(C)C)c2)c1. The van der Waals surface area contributed by atoms with Gasteiger partial charge in [0.15, 0.2) is 0 Å². The van der Waals surface area contributed by atoms with Crippen molar-refractivity contribution in [3.63, 3.8) is 0 Å². The third kappa shape index (κ3) is 2.12. The van der Waals surface area contributed by atoms with Crippen LogP contribution in [0.4, 0.5) is 0 Å². The van der Waals surface area contributed by atoms with Crippen molar-refractivity contribution in [1.29, 1.82) is 0 Å². The smallest absolute Gasteiger partial charge is 0.0838 e. The number of fused-ring (bicyclic) bond motifs is 1. The van der Waals surface area contributed by atoms with Crippen molar-refractivity contribution in [2.24, 2.45) is 0 Å². The molecule has 0 aliphatic heterocycles. The van der Waals surface area contributed by atoms with Gasteiger partial charge in [0.1, 0.15) is 0 Å². The number of rotatable bonds is 2. The summed E-state index contributed by atoms with van der Waals surface area (Å²) in [5, 5.41) is 5.65. The van der Waals surface area contributed by atoms with Crippen LogP contribution < -0.4 is 0 Å². The Morgan fingerprint density at radius 2 is 1.89 bits per heavy atom. The summed E-state index contributed by atoms with van der Waals surface area (Å²) >= 11 is 0. The van der Waals surface area contributed by atoms with Crippen molar-refractivity contribution in [3.8, 4) is 5.69 Å². The molecule has 3 aromatic rings. The van der Waals surface area contributed by atoms with E-state index >= 15 is 0 Å². The molecule has 0 bridgehead atoms. The first kappa shape index (κ1) is 11.9. The van der Waals surface area contributed by atoms with Gasteiger partial charge in [0.2, 0.25) is 0 Å². The zero-order valence-electron chi connectivity index (χ0n) is 11.5. The lowest BCUT2D eigenvalue weighted by molar-refractivity contribution is 0.841. The van der Waals surface area contributed by atoms with Crippen LogP contribution in [-0.4, -0.2) is 14.8 Å². The summed E-state index contributed by atoms with van der Waals surface area (Å²) in [7, 11) is 0. The van der Waals surface area contributed by atoms with E-state index in [0.29, 0.717) is 5.92 Å². The molecule has 0 unspecified atom stereocenters. The molecule has 0 amide bonds. The van der Waals surface area contributed by atoms with E-state index in [0.717, 1.165) is 16.6 Å². The second kappa shape index (κ2) is 4.50. The monoisotopic (exact) mass is 251 g/mol. The van der Waals surface area contributed by atoms with Crippen LogP contribution in [0.1, 0.15) is 30.9 Å². The van der Waals surface area contributed by atoms with E-state index in [9.17, 15) is 0 Å². The third-order valence-electron chi connectivity index (χ3n) is 3.38.